The first-order valence-electron chi connectivity index (χ1n) is 5.08. The topological polar surface area (TPSA) is 35.5 Å². The average molecular weight is 218 g/mol. The van der Waals surface area contributed by atoms with Gasteiger partial charge in [0.1, 0.15) is 6.11 Å². The van der Waals surface area contributed by atoms with Gasteiger partial charge in [0, 0.05) is 12.5 Å². The van der Waals surface area contributed by atoms with Crippen molar-refractivity contribution in [3.63, 3.8) is 0 Å². The van der Waals surface area contributed by atoms with Crippen molar-refractivity contribution in [2.45, 2.75) is 20.0 Å². The Balaban J connectivity index is 2.80. The molecule has 0 aliphatic carbocycles. The maximum Gasteiger partial charge on any atom is 0.304 e. The number of ether oxygens (including phenoxy) is 2. The van der Waals surface area contributed by atoms with Crippen LogP contribution >= 0.6 is 0 Å². The molecule has 1 aromatic carbocycles. The predicted octanol–water partition coefficient (Wildman–Crippen LogP) is 2.29. The number of carbonyl (C=O) groups excluding carboxylic acids is 1. The minimum Gasteiger partial charge on any atom is -0.447 e. The Bertz CT molecular complexity index is 387. The third-order valence-electron chi connectivity index (χ3n) is 1.79. The number of carbonyl (C=O) groups is 1. The van der Waals surface area contributed by atoms with E-state index < -0.39 is 6.10 Å². The van der Waals surface area contributed by atoms with Crippen molar-refractivity contribution in [3.8, 4) is 12.0 Å². The highest BCUT2D eigenvalue weighted by molar-refractivity contribution is 5.66. The summed E-state index contributed by atoms with van der Waals surface area (Å²) >= 11 is 0. The Morgan fingerprint density at radius 3 is 2.62 bits per heavy atom. The van der Waals surface area contributed by atoms with Gasteiger partial charge < -0.3 is 9.47 Å². The summed E-state index contributed by atoms with van der Waals surface area (Å²) in [6, 6.07) is 9.34. The molecule has 0 N–H and O–H groups in total. The van der Waals surface area contributed by atoms with E-state index in [0.29, 0.717) is 6.61 Å². The summed E-state index contributed by atoms with van der Waals surface area (Å²) < 4.78 is 10.0. The molecule has 16 heavy (non-hydrogen) atoms. The standard InChI is InChI=1S/C13H14O3/c1-3-15-10-9-13(16-11(2)14)12-7-5-4-6-8-12/h4-8,13H,3H2,1-2H3. The molecule has 0 saturated carbocycles. The van der Waals surface area contributed by atoms with Crippen molar-refractivity contribution in [1.29, 1.82) is 0 Å². The van der Waals surface area contributed by atoms with E-state index in [2.05, 4.69) is 12.0 Å². The van der Waals surface area contributed by atoms with E-state index in [-0.39, 0.29) is 5.97 Å². The summed E-state index contributed by atoms with van der Waals surface area (Å²) in [7, 11) is 0. The second-order valence-electron chi connectivity index (χ2n) is 3.08. The van der Waals surface area contributed by atoms with Crippen molar-refractivity contribution in [3.05, 3.63) is 35.9 Å². The molecule has 0 spiro atoms. The highest BCUT2D eigenvalue weighted by Gasteiger charge is 2.10. The Morgan fingerprint density at radius 1 is 1.38 bits per heavy atom. The Hall–Kier alpha value is -1.95. The molecule has 0 radical (unpaired) electrons. The van der Waals surface area contributed by atoms with Crippen molar-refractivity contribution >= 4 is 5.97 Å². The molecule has 0 fully saturated rings. The van der Waals surface area contributed by atoms with E-state index >= 15 is 0 Å². The summed E-state index contributed by atoms with van der Waals surface area (Å²) in [4.78, 5) is 10.9. The molecule has 3 heteroatoms. The molecule has 1 atom stereocenters. The third-order valence-corrected chi connectivity index (χ3v) is 1.79. The van der Waals surface area contributed by atoms with Gasteiger partial charge in [0.25, 0.3) is 0 Å². The second kappa shape index (κ2) is 6.52. The molecular weight excluding hydrogens is 204 g/mol. The molecule has 0 aliphatic rings. The lowest BCUT2D eigenvalue weighted by atomic mass is 10.1. The average Bonchev–Trinajstić information content (AvgIpc) is 2.29. The molecule has 0 bridgehead atoms. The maximum absolute atomic E-state index is 10.9. The number of benzene rings is 1. The fraction of sp³-hybridized carbons (Fsp3) is 0.308. The minimum atomic E-state index is -0.565. The fourth-order valence-corrected chi connectivity index (χ4v) is 1.14. The highest BCUT2D eigenvalue weighted by atomic mass is 16.5. The molecule has 3 nitrogen and oxygen atoms in total. The van der Waals surface area contributed by atoms with Gasteiger partial charge in [-0.3, -0.25) is 4.79 Å². The monoisotopic (exact) mass is 218 g/mol. The number of esters is 1. The lowest BCUT2D eigenvalue weighted by molar-refractivity contribution is -0.144. The lowest BCUT2D eigenvalue weighted by Crippen LogP contribution is -2.06. The number of hydrogen-bond donors (Lipinski definition) is 0. The molecule has 0 aromatic heterocycles. The zero-order valence-electron chi connectivity index (χ0n) is 9.40. The van der Waals surface area contributed by atoms with Gasteiger partial charge >= 0.3 is 5.97 Å². The first kappa shape index (κ1) is 12.1. The summed E-state index contributed by atoms with van der Waals surface area (Å²) in [6.07, 6.45) is 1.95. The molecule has 1 aromatic rings. The molecule has 1 unspecified atom stereocenters. The van der Waals surface area contributed by atoms with Crippen LogP contribution in [0.1, 0.15) is 25.5 Å². The summed E-state index contributed by atoms with van der Waals surface area (Å²) in [5.41, 5.74) is 0.838. The van der Waals surface area contributed by atoms with Crippen LogP contribution in [0.5, 0.6) is 0 Å². The Morgan fingerprint density at radius 2 is 2.06 bits per heavy atom. The summed E-state index contributed by atoms with van der Waals surface area (Å²) in [5, 5.41) is 0. The van der Waals surface area contributed by atoms with Crippen molar-refractivity contribution < 1.29 is 14.3 Å². The van der Waals surface area contributed by atoms with Gasteiger partial charge in [0.05, 0.1) is 6.61 Å². The smallest absolute Gasteiger partial charge is 0.304 e. The fourth-order valence-electron chi connectivity index (χ4n) is 1.14. The van der Waals surface area contributed by atoms with Crippen molar-refractivity contribution in [1.82, 2.24) is 0 Å². The quantitative estimate of drug-likeness (QED) is 0.576. The normalized spacial score (nSPS) is 10.9. The second-order valence-corrected chi connectivity index (χ2v) is 3.08. The van der Waals surface area contributed by atoms with E-state index in [1.807, 2.05) is 37.3 Å². The van der Waals surface area contributed by atoms with Crippen LogP contribution in [0.2, 0.25) is 0 Å². The lowest BCUT2D eigenvalue weighted by Gasteiger charge is -2.10. The molecule has 84 valence electrons. The van der Waals surface area contributed by atoms with Crippen LogP contribution in [0.25, 0.3) is 0 Å². The molecule has 0 amide bonds. The molecule has 1 rings (SSSR count). The van der Waals surface area contributed by atoms with Crippen LogP contribution in [0.15, 0.2) is 30.3 Å². The third kappa shape index (κ3) is 4.05. The predicted molar refractivity (Wildman–Crippen MR) is 60.4 cm³/mol. The van der Waals surface area contributed by atoms with Crippen LogP contribution in [0, 0.1) is 12.0 Å². The first-order valence-corrected chi connectivity index (χ1v) is 5.08. The van der Waals surface area contributed by atoms with Gasteiger partial charge in [0.15, 0.2) is 6.10 Å². The Labute approximate surface area is 95.4 Å². The summed E-state index contributed by atoms with van der Waals surface area (Å²) in [5.74, 6) is 2.39. The van der Waals surface area contributed by atoms with E-state index in [0.717, 1.165) is 5.56 Å². The zero-order chi connectivity index (χ0) is 11.8. The SMILES string of the molecule is CCOC#CC(OC(C)=O)c1ccccc1. The van der Waals surface area contributed by atoms with Gasteiger partial charge in [-0.1, -0.05) is 30.3 Å². The molecule has 0 saturated heterocycles. The van der Waals surface area contributed by atoms with Gasteiger partial charge in [-0.2, -0.15) is 0 Å². The number of rotatable bonds is 3. The van der Waals surface area contributed by atoms with Crippen molar-refractivity contribution in [2.75, 3.05) is 6.61 Å². The largest absolute Gasteiger partial charge is 0.447 e. The van der Waals surface area contributed by atoms with Gasteiger partial charge in [-0.25, -0.2) is 0 Å². The maximum atomic E-state index is 10.9. The van der Waals surface area contributed by atoms with E-state index in [1.54, 1.807) is 0 Å². The summed E-state index contributed by atoms with van der Waals surface area (Å²) in [6.45, 7) is 3.71. The molecular formula is C13H14O3. The van der Waals surface area contributed by atoms with E-state index in [1.165, 1.54) is 6.92 Å². The van der Waals surface area contributed by atoms with Crippen LogP contribution in [-0.2, 0) is 14.3 Å². The van der Waals surface area contributed by atoms with Crippen LogP contribution in [0.3, 0.4) is 0 Å². The van der Waals surface area contributed by atoms with Crippen LogP contribution in [-0.4, -0.2) is 12.6 Å². The van der Waals surface area contributed by atoms with Crippen LogP contribution < -0.4 is 0 Å². The van der Waals surface area contributed by atoms with Crippen LogP contribution in [0.4, 0.5) is 0 Å². The first-order chi connectivity index (χ1) is 7.74. The minimum absolute atomic E-state index is 0.361. The zero-order valence-corrected chi connectivity index (χ0v) is 9.40. The highest BCUT2D eigenvalue weighted by Crippen LogP contribution is 2.16. The van der Waals surface area contributed by atoms with E-state index in [4.69, 9.17) is 9.47 Å². The van der Waals surface area contributed by atoms with Crippen molar-refractivity contribution in [2.24, 2.45) is 0 Å². The molecule has 0 heterocycles. The Kier molecular flexibility index (Phi) is 4.94. The van der Waals surface area contributed by atoms with Gasteiger partial charge in [-0.15, -0.1) is 0 Å². The van der Waals surface area contributed by atoms with E-state index in [9.17, 15) is 4.79 Å². The number of hydrogen-bond acceptors (Lipinski definition) is 3. The van der Waals surface area contributed by atoms with Gasteiger partial charge in [-0.05, 0) is 12.8 Å². The van der Waals surface area contributed by atoms with Gasteiger partial charge in [0.2, 0.25) is 0 Å². The molecule has 0 aliphatic heterocycles.